The van der Waals surface area contributed by atoms with Gasteiger partial charge in [0.25, 0.3) is 5.69 Å². The van der Waals surface area contributed by atoms with Crippen LogP contribution in [0.2, 0.25) is 0 Å². The van der Waals surface area contributed by atoms with Crippen LogP contribution in [0.15, 0.2) is 48.5 Å². The Morgan fingerprint density at radius 2 is 1.81 bits per heavy atom. The number of hydrogen-bond donors (Lipinski definition) is 1. The van der Waals surface area contributed by atoms with Gasteiger partial charge >= 0.3 is 0 Å². The number of para-hydroxylation sites is 2. The SMILES string of the molecule is CCOc1ccccc1NC(=S)N1CCN(c2ccc([N+](=O)[O-])cc2)CC1. The fourth-order valence-electron chi connectivity index (χ4n) is 3.00. The third kappa shape index (κ3) is 4.65. The lowest BCUT2D eigenvalue weighted by Crippen LogP contribution is -2.50. The zero-order valence-electron chi connectivity index (χ0n) is 15.1. The molecule has 0 spiro atoms. The van der Waals surface area contributed by atoms with Gasteiger partial charge in [-0.25, -0.2) is 0 Å². The molecule has 0 saturated carbocycles. The summed E-state index contributed by atoms with van der Waals surface area (Å²) < 4.78 is 5.63. The Bertz CT molecular complexity index is 805. The molecule has 27 heavy (non-hydrogen) atoms. The number of nitrogens with zero attached hydrogens (tertiary/aromatic N) is 3. The van der Waals surface area contributed by atoms with E-state index in [1.807, 2.05) is 31.2 Å². The van der Waals surface area contributed by atoms with Gasteiger partial charge < -0.3 is 19.9 Å². The minimum atomic E-state index is -0.383. The van der Waals surface area contributed by atoms with E-state index in [0.717, 1.165) is 43.3 Å². The van der Waals surface area contributed by atoms with Crippen LogP contribution in [0, 0.1) is 10.1 Å². The van der Waals surface area contributed by atoms with Crippen LogP contribution in [0.4, 0.5) is 17.1 Å². The maximum atomic E-state index is 10.8. The summed E-state index contributed by atoms with van der Waals surface area (Å²) in [7, 11) is 0. The molecule has 0 aliphatic carbocycles. The van der Waals surface area contributed by atoms with E-state index in [4.69, 9.17) is 17.0 Å². The van der Waals surface area contributed by atoms with E-state index in [2.05, 4.69) is 15.1 Å². The number of thiocarbonyl (C=S) groups is 1. The van der Waals surface area contributed by atoms with Crippen molar-refractivity contribution in [1.82, 2.24) is 4.90 Å². The fraction of sp³-hybridized carbons (Fsp3) is 0.316. The summed E-state index contributed by atoms with van der Waals surface area (Å²) in [6, 6.07) is 14.4. The molecule has 1 aliphatic rings. The summed E-state index contributed by atoms with van der Waals surface area (Å²) >= 11 is 5.57. The maximum absolute atomic E-state index is 10.8. The van der Waals surface area contributed by atoms with Crippen LogP contribution in [-0.2, 0) is 0 Å². The van der Waals surface area contributed by atoms with Gasteiger partial charge in [-0.05, 0) is 43.4 Å². The van der Waals surface area contributed by atoms with Gasteiger partial charge in [0.15, 0.2) is 5.11 Å². The number of nitro groups is 1. The monoisotopic (exact) mass is 386 g/mol. The number of ether oxygens (including phenoxy) is 1. The van der Waals surface area contributed by atoms with Gasteiger partial charge in [-0.3, -0.25) is 10.1 Å². The molecule has 0 radical (unpaired) electrons. The van der Waals surface area contributed by atoms with Crippen molar-refractivity contribution in [3.63, 3.8) is 0 Å². The molecule has 2 aromatic rings. The molecule has 0 atom stereocenters. The lowest BCUT2D eigenvalue weighted by molar-refractivity contribution is -0.384. The van der Waals surface area contributed by atoms with Crippen LogP contribution in [0.25, 0.3) is 0 Å². The number of hydrogen-bond acceptors (Lipinski definition) is 5. The summed E-state index contributed by atoms with van der Waals surface area (Å²) in [5.74, 6) is 0.784. The molecule has 0 aromatic heterocycles. The first-order chi connectivity index (χ1) is 13.1. The quantitative estimate of drug-likeness (QED) is 0.479. The summed E-state index contributed by atoms with van der Waals surface area (Å²) in [5.41, 5.74) is 1.96. The average Bonchev–Trinajstić information content (AvgIpc) is 2.70. The van der Waals surface area contributed by atoms with Crippen molar-refractivity contribution in [2.24, 2.45) is 0 Å². The zero-order valence-corrected chi connectivity index (χ0v) is 15.9. The molecule has 8 heteroatoms. The summed E-state index contributed by atoms with van der Waals surface area (Å²) in [6.45, 7) is 5.70. The Labute approximate surface area is 163 Å². The second-order valence-corrected chi connectivity index (χ2v) is 6.49. The highest BCUT2D eigenvalue weighted by atomic mass is 32.1. The number of nitrogens with one attached hydrogen (secondary N) is 1. The molecule has 3 rings (SSSR count). The van der Waals surface area contributed by atoms with E-state index < -0.39 is 0 Å². The van der Waals surface area contributed by atoms with Crippen molar-refractivity contribution in [2.75, 3.05) is 43.0 Å². The molecular formula is C19H22N4O3S. The first-order valence-corrected chi connectivity index (χ1v) is 9.26. The van der Waals surface area contributed by atoms with Crippen molar-refractivity contribution in [2.45, 2.75) is 6.92 Å². The summed E-state index contributed by atoms with van der Waals surface area (Å²) in [6.07, 6.45) is 0. The van der Waals surface area contributed by atoms with Gasteiger partial charge in [-0.15, -0.1) is 0 Å². The lowest BCUT2D eigenvalue weighted by atomic mass is 10.2. The highest BCUT2D eigenvalue weighted by Crippen LogP contribution is 2.25. The van der Waals surface area contributed by atoms with Gasteiger partial charge in [-0.1, -0.05) is 12.1 Å². The van der Waals surface area contributed by atoms with Gasteiger partial charge in [0.1, 0.15) is 5.75 Å². The van der Waals surface area contributed by atoms with Gasteiger partial charge in [0.05, 0.1) is 17.2 Å². The lowest BCUT2D eigenvalue weighted by Gasteiger charge is -2.37. The highest BCUT2D eigenvalue weighted by molar-refractivity contribution is 7.80. The number of non-ortho nitro benzene ring substituents is 1. The van der Waals surface area contributed by atoms with Gasteiger partial charge in [-0.2, -0.15) is 0 Å². The van der Waals surface area contributed by atoms with E-state index >= 15 is 0 Å². The number of nitro benzene ring substituents is 1. The molecule has 1 heterocycles. The van der Waals surface area contributed by atoms with Crippen molar-refractivity contribution in [1.29, 1.82) is 0 Å². The van der Waals surface area contributed by atoms with E-state index in [1.54, 1.807) is 24.3 Å². The van der Waals surface area contributed by atoms with Crippen LogP contribution in [0.1, 0.15) is 6.92 Å². The molecule has 7 nitrogen and oxygen atoms in total. The Kier molecular flexibility index (Phi) is 6.08. The van der Waals surface area contributed by atoms with Crippen molar-refractivity contribution >= 4 is 34.4 Å². The number of anilines is 2. The smallest absolute Gasteiger partial charge is 0.269 e. The molecule has 1 N–H and O–H groups in total. The normalized spacial score (nSPS) is 14.0. The minimum absolute atomic E-state index is 0.107. The molecule has 142 valence electrons. The first-order valence-electron chi connectivity index (χ1n) is 8.85. The Morgan fingerprint density at radius 3 is 2.44 bits per heavy atom. The molecule has 2 aromatic carbocycles. The van der Waals surface area contributed by atoms with E-state index in [9.17, 15) is 10.1 Å². The van der Waals surface area contributed by atoms with Crippen LogP contribution < -0.4 is 15.0 Å². The van der Waals surface area contributed by atoms with Crippen LogP contribution >= 0.6 is 12.2 Å². The molecule has 0 bridgehead atoms. The standard InChI is InChI=1S/C19H22N4O3S/c1-2-26-18-6-4-3-5-17(18)20-19(27)22-13-11-21(12-14-22)15-7-9-16(10-8-15)23(24)25/h3-10H,2,11-14H2,1H3,(H,20,27). The number of rotatable bonds is 5. The largest absolute Gasteiger partial charge is 0.492 e. The average molecular weight is 386 g/mol. The van der Waals surface area contributed by atoms with Crippen LogP contribution in [0.3, 0.4) is 0 Å². The highest BCUT2D eigenvalue weighted by Gasteiger charge is 2.20. The number of piperazine rings is 1. The van der Waals surface area contributed by atoms with Crippen molar-refractivity contribution in [3.05, 3.63) is 58.6 Å². The fourth-order valence-corrected chi connectivity index (χ4v) is 3.29. The first kappa shape index (κ1) is 18.9. The summed E-state index contributed by atoms with van der Waals surface area (Å²) in [5, 5.41) is 14.7. The van der Waals surface area contributed by atoms with Crippen molar-refractivity contribution in [3.8, 4) is 5.75 Å². The van der Waals surface area contributed by atoms with Crippen LogP contribution in [0.5, 0.6) is 5.75 Å². The van der Waals surface area contributed by atoms with E-state index in [1.165, 1.54) is 0 Å². The third-order valence-corrected chi connectivity index (χ3v) is 4.78. The summed E-state index contributed by atoms with van der Waals surface area (Å²) in [4.78, 5) is 14.7. The number of benzene rings is 2. The van der Waals surface area contributed by atoms with Crippen molar-refractivity contribution < 1.29 is 9.66 Å². The van der Waals surface area contributed by atoms with E-state index in [-0.39, 0.29) is 10.6 Å². The molecule has 1 saturated heterocycles. The van der Waals surface area contributed by atoms with Gasteiger partial charge in [0, 0.05) is 44.0 Å². The predicted octanol–water partition coefficient (Wildman–Crippen LogP) is 3.51. The molecular weight excluding hydrogens is 364 g/mol. The predicted molar refractivity (Wildman–Crippen MR) is 111 cm³/mol. The molecule has 0 unspecified atom stereocenters. The Balaban J connectivity index is 1.57. The Hall–Kier alpha value is -2.87. The maximum Gasteiger partial charge on any atom is 0.269 e. The van der Waals surface area contributed by atoms with Crippen LogP contribution in [-0.4, -0.2) is 47.7 Å². The second-order valence-electron chi connectivity index (χ2n) is 6.11. The second kappa shape index (κ2) is 8.68. The molecule has 1 fully saturated rings. The van der Waals surface area contributed by atoms with E-state index in [0.29, 0.717) is 11.7 Å². The Morgan fingerprint density at radius 1 is 1.15 bits per heavy atom. The molecule has 1 aliphatic heterocycles. The zero-order chi connectivity index (χ0) is 19.2. The topological polar surface area (TPSA) is 70.9 Å². The third-order valence-electron chi connectivity index (χ3n) is 4.42. The molecule has 0 amide bonds. The minimum Gasteiger partial charge on any atom is -0.492 e. The van der Waals surface area contributed by atoms with Gasteiger partial charge in [0.2, 0.25) is 0 Å².